The number of ether oxygens (including phenoxy) is 1. The molecule has 0 aromatic heterocycles. The summed E-state index contributed by atoms with van der Waals surface area (Å²) in [6.45, 7) is 2.51. The van der Waals surface area contributed by atoms with Crippen molar-refractivity contribution in [2.75, 3.05) is 18.1 Å². The number of ketones is 1. The molecular weight excluding hydrogens is 302 g/mol. The molecule has 0 spiro atoms. The van der Waals surface area contributed by atoms with Crippen LogP contribution in [0.4, 0.5) is 5.69 Å². The van der Waals surface area contributed by atoms with Crippen LogP contribution in [0, 0.1) is 0 Å². The molecule has 2 aromatic carbocycles. The van der Waals surface area contributed by atoms with Gasteiger partial charge in [-0.15, -0.1) is 0 Å². The Morgan fingerprint density at radius 2 is 1.96 bits per heavy atom. The molecule has 24 heavy (non-hydrogen) atoms. The second-order valence-corrected chi connectivity index (χ2v) is 5.88. The van der Waals surface area contributed by atoms with Crippen molar-refractivity contribution in [2.45, 2.75) is 26.2 Å². The normalized spacial score (nSPS) is 13.4. The fraction of sp³-hybridized carbons (Fsp3) is 0.300. The highest BCUT2D eigenvalue weighted by Gasteiger charge is 2.26. The quantitative estimate of drug-likeness (QED) is 0.763. The SMILES string of the molecule is CCC(=O)c1ccc2c(c1)N(CCCc1ccccc1)C(=O)CO2. The van der Waals surface area contributed by atoms with Crippen molar-refractivity contribution < 1.29 is 14.3 Å². The van der Waals surface area contributed by atoms with E-state index in [0.29, 0.717) is 30.0 Å². The summed E-state index contributed by atoms with van der Waals surface area (Å²) in [5.74, 6) is 0.679. The first-order valence-corrected chi connectivity index (χ1v) is 8.33. The zero-order chi connectivity index (χ0) is 16.9. The number of rotatable bonds is 6. The Morgan fingerprint density at radius 3 is 2.71 bits per heavy atom. The van der Waals surface area contributed by atoms with Gasteiger partial charge in [-0.2, -0.15) is 0 Å². The van der Waals surface area contributed by atoms with Gasteiger partial charge in [-0.3, -0.25) is 9.59 Å². The largest absolute Gasteiger partial charge is 0.482 e. The van der Waals surface area contributed by atoms with E-state index in [1.807, 2.05) is 25.1 Å². The molecule has 0 bridgehead atoms. The van der Waals surface area contributed by atoms with Crippen LogP contribution in [0.15, 0.2) is 48.5 Å². The molecule has 3 rings (SSSR count). The Labute approximate surface area is 142 Å². The number of hydrogen-bond acceptors (Lipinski definition) is 3. The van der Waals surface area contributed by atoms with Gasteiger partial charge in [0.05, 0.1) is 5.69 Å². The van der Waals surface area contributed by atoms with E-state index in [1.54, 1.807) is 23.1 Å². The second kappa shape index (κ2) is 7.30. The number of carbonyl (C=O) groups excluding carboxylic acids is 2. The van der Waals surface area contributed by atoms with E-state index in [9.17, 15) is 9.59 Å². The Morgan fingerprint density at radius 1 is 1.17 bits per heavy atom. The van der Waals surface area contributed by atoms with Gasteiger partial charge in [-0.1, -0.05) is 37.3 Å². The molecule has 0 aliphatic carbocycles. The van der Waals surface area contributed by atoms with Crippen molar-refractivity contribution in [1.29, 1.82) is 0 Å². The molecule has 0 N–H and O–H groups in total. The molecule has 124 valence electrons. The first-order chi connectivity index (χ1) is 11.7. The predicted octanol–water partition coefficient (Wildman–Crippen LogP) is 3.64. The fourth-order valence-corrected chi connectivity index (χ4v) is 2.91. The standard InChI is InChI=1S/C20H21NO3/c1-2-18(22)16-10-11-19-17(13-16)21(20(23)14-24-19)12-6-9-15-7-4-3-5-8-15/h3-5,7-8,10-11,13H,2,6,9,12,14H2,1H3. The van der Waals surface area contributed by atoms with Crippen LogP contribution in [0.3, 0.4) is 0 Å². The Hall–Kier alpha value is -2.62. The number of nitrogens with zero attached hydrogens (tertiary/aromatic N) is 1. The average molecular weight is 323 g/mol. The van der Waals surface area contributed by atoms with E-state index >= 15 is 0 Å². The van der Waals surface area contributed by atoms with Gasteiger partial charge in [-0.05, 0) is 36.6 Å². The lowest BCUT2D eigenvalue weighted by Gasteiger charge is -2.29. The number of anilines is 1. The number of Topliss-reactive ketones (excluding diaryl/α,β-unsaturated/α-hetero) is 1. The van der Waals surface area contributed by atoms with Gasteiger partial charge in [0, 0.05) is 18.5 Å². The number of amides is 1. The van der Waals surface area contributed by atoms with Crippen molar-refractivity contribution in [3.8, 4) is 5.75 Å². The van der Waals surface area contributed by atoms with Crippen molar-refractivity contribution in [3.05, 3.63) is 59.7 Å². The van der Waals surface area contributed by atoms with E-state index in [0.717, 1.165) is 12.8 Å². The molecule has 1 aliphatic rings. The topological polar surface area (TPSA) is 46.6 Å². The number of aryl methyl sites for hydroxylation is 1. The lowest BCUT2D eigenvalue weighted by molar-refractivity contribution is -0.121. The Kier molecular flexibility index (Phi) is 4.94. The third-order valence-corrected chi connectivity index (χ3v) is 4.24. The average Bonchev–Trinajstić information content (AvgIpc) is 2.63. The van der Waals surface area contributed by atoms with E-state index in [4.69, 9.17) is 4.74 Å². The minimum Gasteiger partial charge on any atom is -0.482 e. The molecule has 0 atom stereocenters. The summed E-state index contributed by atoms with van der Waals surface area (Å²) in [4.78, 5) is 26.0. The van der Waals surface area contributed by atoms with Gasteiger partial charge in [0.25, 0.3) is 5.91 Å². The van der Waals surface area contributed by atoms with Crippen molar-refractivity contribution >= 4 is 17.4 Å². The number of benzene rings is 2. The molecule has 1 amide bonds. The molecule has 4 nitrogen and oxygen atoms in total. The van der Waals surface area contributed by atoms with Crippen molar-refractivity contribution in [2.24, 2.45) is 0 Å². The van der Waals surface area contributed by atoms with Crippen LogP contribution >= 0.6 is 0 Å². The van der Waals surface area contributed by atoms with Crippen LogP contribution < -0.4 is 9.64 Å². The van der Waals surface area contributed by atoms with E-state index in [-0.39, 0.29) is 18.3 Å². The molecule has 0 saturated carbocycles. The van der Waals surface area contributed by atoms with Crippen molar-refractivity contribution in [3.63, 3.8) is 0 Å². The maximum Gasteiger partial charge on any atom is 0.265 e. The van der Waals surface area contributed by atoms with Crippen molar-refractivity contribution in [1.82, 2.24) is 0 Å². The predicted molar refractivity (Wildman–Crippen MR) is 93.7 cm³/mol. The van der Waals surface area contributed by atoms with E-state index < -0.39 is 0 Å². The minimum atomic E-state index is -0.0586. The lowest BCUT2D eigenvalue weighted by atomic mass is 10.1. The highest BCUT2D eigenvalue weighted by atomic mass is 16.5. The number of carbonyl (C=O) groups is 2. The summed E-state index contributed by atoms with van der Waals surface area (Å²) in [5, 5.41) is 0. The Bertz CT molecular complexity index is 740. The van der Waals surface area contributed by atoms with Crippen LogP contribution in [0.5, 0.6) is 5.75 Å². The summed E-state index contributed by atoms with van der Waals surface area (Å²) in [6.07, 6.45) is 2.22. The summed E-state index contributed by atoms with van der Waals surface area (Å²) >= 11 is 0. The zero-order valence-electron chi connectivity index (χ0n) is 13.8. The van der Waals surface area contributed by atoms with E-state index in [2.05, 4.69) is 12.1 Å². The fourth-order valence-electron chi connectivity index (χ4n) is 2.91. The minimum absolute atomic E-state index is 0.0550. The highest BCUT2D eigenvalue weighted by Crippen LogP contribution is 2.33. The zero-order valence-corrected chi connectivity index (χ0v) is 13.8. The van der Waals surface area contributed by atoms with Crippen LogP contribution in [-0.2, 0) is 11.2 Å². The molecule has 1 heterocycles. The first-order valence-electron chi connectivity index (χ1n) is 8.33. The molecule has 0 unspecified atom stereocenters. The third kappa shape index (κ3) is 3.48. The smallest absolute Gasteiger partial charge is 0.265 e. The third-order valence-electron chi connectivity index (χ3n) is 4.24. The molecular formula is C20H21NO3. The first kappa shape index (κ1) is 16.2. The van der Waals surface area contributed by atoms with Gasteiger partial charge >= 0.3 is 0 Å². The lowest BCUT2D eigenvalue weighted by Crippen LogP contribution is -2.39. The second-order valence-electron chi connectivity index (χ2n) is 5.88. The summed E-state index contributed by atoms with van der Waals surface area (Å²) in [7, 11) is 0. The van der Waals surface area contributed by atoms with Gasteiger partial charge in [0.15, 0.2) is 12.4 Å². The van der Waals surface area contributed by atoms with Crippen LogP contribution in [-0.4, -0.2) is 24.8 Å². The summed E-state index contributed by atoms with van der Waals surface area (Å²) in [5.41, 5.74) is 2.59. The molecule has 4 heteroatoms. The molecule has 0 saturated heterocycles. The van der Waals surface area contributed by atoms with Gasteiger partial charge in [0.2, 0.25) is 0 Å². The number of hydrogen-bond donors (Lipinski definition) is 0. The summed E-state index contributed by atoms with van der Waals surface area (Å²) < 4.78 is 5.50. The molecule has 1 aliphatic heterocycles. The number of fused-ring (bicyclic) bond motifs is 1. The molecule has 2 aromatic rings. The highest BCUT2D eigenvalue weighted by molar-refractivity contribution is 6.01. The maximum atomic E-state index is 12.3. The Balaban J connectivity index is 1.76. The molecule has 0 fully saturated rings. The van der Waals surface area contributed by atoms with E-state index in [1.165, 1.54) is 5.56 Å². The monoisotopic (exact) mass is 323 g/mol. The summed E-state index contributed by atoms with van der Waals surface area (Å²) in [6, 6.07) is 15.6. The van der Waals surface area contributed by atoms with Gasteiger partial charge in [-0.25, -0.2) is 0 Å². The maximum absolute atomic E-state index is 12.3. The van der Waals surface area contributed by atoms with Crippen LogP contribution in [0.1, 0.15) is 35.7 Å². The van der Waals surface area contributed by atoms with Crippen LogP contribution in [0.2, 0.25) is 0 Å². The molecule has 0 radical (unpaired) electrons. The van der Waals surface area contributed by atoms with Gasteiger partial charge in [0.1, 0.15) is 5.75 Å². The van der Waals surface area contributed by atoms with Crippen LogP contribution in [0.25, 0.3) is 0 Å². The van der Waals surface area contributed by atoms with Gasteiger partial charge < -0.3 is 9.64 Å².